The van der Waals surface area contributed by atoms with Crippen molar-refractivity contribution in [3.63, 3.8) is 0 Å². The monoisotopic (exact) mass is 385 g/mol. The first kappa shape index (κ1) is 13.6. The number of halogens is 1. The van der Waals surface area contributed by atoms with Gasteiger partial charge in [-0.05, 0) is 46.9 Å². The van der Waals surface area contributed by atoms with Gasteiger partial charge in [0.25, 0.3) is 0 Å². The highest BCUT2D eigenvalue weighted by atomic mass is 127. The number of anilines is 1. The molecule has 2 bridgehead atoms. The predicted molar refractivity (Wildman–Crippen MR) is 80.2 cm³/mol. The van der Waals surface area contributed by atoms with Gasteiger partial charge in [-0.3, -0.25) is 9.59 Å². The van der Waals surface area contributed by atoms with E-state index in [9.17, 15) is 14.7 Å². The van der Waals surface area contributed by atoms with E-state index in [2.05, 4.69) is 27.9 Å². The van der Waals surface area contributed by atoms with Gasteiger partial charge in [0, 0.05) is 9.26 Å². The van der Waals surface area contributed by atoms with Crippen LogP contribution in [0.15, 0.2) is 36.4 Å². The van der Waals surface area contributed by atoms with Gasteiger partial charge in [-0.2, -0.15) is 0 Å². The fourth-order valence-electron chi connectivity index (χ4n) is 2.67. The Labute approximate surface area is 129 Å². The third kappa shape index (κ3) is 2.33. The standard InChI is InChI=1S/C14H12INO4/c15-7-1-3-8(4-2-7)16-13(17)11-9-5-6-10(20-9)12(11)14(18)19/h1-6,9-12H,(H,16,17)(H,18,19)/t9-,10+,11-,12-/m0/s1. The number of aliphatic carboxylic acids is 1. The Balaban J connectivity index is 1.78. The van der Waals surface area contributed by atoms with Crippen LogP contribution >= 0.6 is 22.6 Å². The number of rotatable bonds is 3. The minimum absolute atomic E-state index is 0.310. The van der Waals surface area contributed by atoms with E-state index in [0.717, 1.165) is 3.57 Å². The number of amides is 1. The lowest BCUT2D eigenvalue weighted by Crippen LogP contribution is -2.39. The Morgan fingerprint density at radius 1 is 1.10 bits per heavy atom. The maximum absolute atomic E-state index is 12.3. The molecular formula is C14H12INO4. The molecule has 2 aliphatic heterocycles. The summed E-state index contributed by atoms with van der Waals surface area (Å²) in [7, 11) is 0. The number of hydrogen-bond acceptors (Lipinski definition) is 3. The summed E-state index contributed by atoms with van der Waals surface area (Å²) in [5.41, 5.74) is 0.659. The van der Waals surface area contributed by atoms with Crippen molar-refractivity contribution in [3.05, 3.63) is 40.0 Å². The van der Waals surface area contributed by atoms with Crippen LogP contribution in [0, 0.1) is 15.4 Å². The SMILES string of the molecule is O=C(Nc1ccc(I)cc1)[C@@H]1[C@@H](C(=O)O)[C@H]2C=C[C@@H]1O2. The average molecular weight is 385 g/mol. The summed E-state index contributed by atoms with van der Waals surface area (Å²) in [5.74, 6) is -2.80. The van der Waals surface area contributed by atoms with Gasteiger partial charge < -0.3 is 15.2 Å². The van der Waals surface area contributed by atoms with E-state index < -0.39 is 30.0 Å². The first-order chi connectivity index (χ1) is 9.56. The summed E-state index contributed by atoms with van der Waals surface area (Å²) < 4.78 is 6.55. The number of hydrogen-bond donors (Lipinski definition) is 2. The molecule has 0 aliphatic carbocycles. The molecule has 2 aliphatic rings. The van der Waals surface area contributed by atoms with Gasteiger partial charge in [-0.1, -0.05) is 12.2 Å². The highest BCUT2D eigenvalue weighted by Gasteiger charge is 2.53. The minimum Gasteiger partial charge on any atom is -0.481 e. The predicted octanol–water partition coefficient (Wildman–Crippen LogP) is 1.88. The van der Waals surface area contributed by atoms with Crippen LogP contribution in [0.3, 0.4) is 0 Å². The highest BCUT2D eigenvalue weighted by molar-refractivity contribution is 14.1. The van der Waals surface area contributed by atoms with E-state index in [0.29, 0.717) is 5.69 Å². The van der Waals surface area contributed by atoms with Crippen molar-refractivity contribution in [2.75, 3.05) is 5.32 Å². The third-order valence-corrected chi connectivity index (χ3v) is 4.32. The molecule has 2 N–H and O–H groups in total. The van der Waals surface area contributed by atoms with Crippen LogP contribution in [-0.4, -0.2) is 29.2 Å². The summed E-state index contributed by atoms with van der Waals surface area (Å²) in [4.78, 5) is 23.6. The van der Waals surface area contributed by atoms with Crippen molar-refractivity contribution < 1.29 is 19.4 Å². The van der Waals surface area contributed by atoms with Crippen LogP contribution in [0.2, 0.25) is 0 Å². The number of carbonyl (C=O) groups is 2. The molecule has 1 aromatic carbocycles. The van der Waals surface area contributed by atoms with Crippen LogP contribution in [0.1, 0.15) is 0 Å². The number of ether oxygens (including phenoxy) is 1. The number of benzene rings is 1. The Morgan fingerprint density at radius 2 is 1.70 bits per heavy atom. The van der Waals surface area contributed by atoms with Gasteiger partial charge in [0.05, 0.1) is 18.1 Å². The molecule has 0 unspecified atom stereocenters. The quantitative estimate of drug-likeness (QED) is 0.616. The fraction of sp³-hybridized carbons (Fsp3) is 0.286. The molecule has 3 rings (SSSR count). The van der Waals surface area contributed by atoms with E-state index in [-0.39, 0.29) is 5.91 Å². The molecule has 1 amide bonds. The van der Waals surface area contributed by atoms with E-state index in [1.54, 1.807) is 24.3 Å². The number of fused-ring (bicyclic) bond motifs is 2. The fourth-order valence-corrected chi connectivity index (χ4v) is 3.03. The molecule has 6 heteroatoms. The summed E-state index contributed by atoms with van der Waals surface area (Å²) in [5, 5.41) is 12.0. The second-order valence-electron chi connectivity index (χ2n) is 4.84. The summed E-state index contributed by atoms with van der Waals surface area (Å²) in [6.45, 7) is 0. The van der Waals surface area contributed by atoms with E-state index in [4.69, 9.17) is 4.74 Å². The van der Waals surface area contributed by atoms with E-state index in [1.165, 1.54) is 0 Å². The van der Waals surface area contributed by atoms with Gasteiger partial charge in [0.2, 0.25) is 5.91 Å². The summed E-state index contributed by atoms with van der Waals surface area (Å²) in [6, 6.07) is 7.34. The van der Waals surface area contributed by atoms with Crippen molar-refractivity contribution in [1.29, 1.82) is 0 Å². The molecule has 104 valence electrons. The van der Waals surface area contributed by atoms with Crippen LogP contribution < -0.4 is 5.32 Å². The molecular weight excluding hydrogens is 373 g/mol. The van der Waals surface area contributed by atoms with Gasteiger partial charge in [-0.25, -0.2) is 0 Å². The van der Waals surface area contributed by atoms with Crippen LogP contribution in [0.4, 0.5) is 5.69 Å². The Hall–Kier alpha value is -1.41. The number of carboxylic acids is 1. The van der Waals surface area contributed by atoms with Crippen LogP contribution in [0.5, 0.6) is 0 Å². The Bertz CT molecular complexity index is 583. The molecule has 0 spiro atoms. The van der Waals surface area contributed by atoms with E-state index >= 15 is 0 Å². The average Bonchev–Trinajstić information content (AvgIpc) is 3.01. The molecule has 0 saturated carbocycles. The second-order valence-corrected chi connectivity index (χ2v) is 6.08. The van der Waals surface area contributed by atoms with Crippen molar-refractivity contribution >= 4 is 40.2 Å². The maximum Gasteiger partial charge on any atom is 0.310 e. The molecule has 1 saturated heterocycles. The molecule has 1 fully saturated rings. The molecule has 20 heavy (non-hydrogen) atoms. The Kier molecular flexibility index (Phi) is 3.51. The van der Waals surface area contributed by atoms with Crippen molar-refractivity contribution in [2.45, 2.75) is 12.2 Å². The van der Waals surface area contributed by atoms with Crippen molar-refractivity contribution in [1.82, 2.24) is 0 Å². The lowest BCUT2D eigenvalue weighted by molar-refractivity contribution is -0.145. The summed E-state index contributed by atoms with van der Waals surface area (Å²) >= 11 is 2.18. The van der Waals surface area contributed by atoms with E-state index in [1.807, 2.05) is 12.1 Å². The smallest absolute Gasteiger partial charge is 0.310 e. The number of carbonyl (C=O) groups excluding carboxylic acids is 1. The van der Waals surface area contributed by atoms with Gasteiger partial charge >= 0.3 is 5.97 Å². The zero-order chi connectivity index (χ0) is 14.3. The lowest BCUT2D eigenvalue weighted by atomic mass is 9.82. The first-order valence-corrected chi connectivity index (χ1v) is 7.27. The number of nitrogens with one attached hydrogen (secondary N) is 1. The van der Waals surface area contributed by atoms with Crippen LogP contribution in [-0.2, 0) is 14.3 Å². The zero-order valence-electron chi connectivity index (χ0n) is 10.3. The first-order valence-electron chi connectivity index (χ1n) is 6.19. The maximum atomic E-state index is 12.3. The molecule has 0 radical (unpaired) electrons. The molecule has 5 nitrogen and oxygen atoms in total. The Morgan fingerprint density at radius 3 is 2.30 bits per heavy atom. The highest BCUT2D eigenvalue weighted by Crippen LogP contribution is 2.39. The molecule has 4 atom stereocenters. The topological polar surface area (TPSA) is 75.6 Å². The van der Waals surface area contributed by atoms with Gasteiger partial charge in [-0.15, -0.1) is 0 Å². The minimum atomic E-state index is -0.996. The number of carboxylic acid groups (broad SMARTS) is 1. The normalized spacial score (nSPS) is 30.4. The molecule has 1 aromatic rings. The zero-order valence-corrected chi connectivity index (χ0v) is 12.5. The van der Waals surface area contributed by atoms with Gasteiger partial charge in [0.15, 0.2) is 0 Å². The van der Waals surface area contributed by atoms with Gasteiger partial charge in [0.1, 0.15) is 5.92 Å². The van der Waals surface area contributed by atoms with Crippen molar-refractivity contribution in [2.24, 2.45) is 11.8 Å². The van der Waals surface area contributed by atoms with Crippen molar-refractivity contribution in [3.8, 4) is 0 Å². The van der Waals surface area contributed by atoms with Crippen LogP contribution in [0.25, 0.3) is 0 Å². The summed E-state index contributed by atoms with van der Waals surface area (Å²) in [6.07, 6.45) is 2.55. The lowest BCUT2D eigenvalue weighted by Gasteiger charge is -2.20. The third-order valence-electron chi connectivity index (χ3n) is 3.60. The molecule has 0 aromatic heterocycles. The largest absolute Gasteiger partial charge is 0.481 e. The molecule has 2 heterocycles. The second kappa shape index (κ2) is 5.17.